The molecule has 0 spiro atoms. The highest BCUT2D eigenvalue weighted by molar-refractivity contribution is 5.97. The summed E-state index contributed by atoms with van der Waals surface area (Å²) in [7, 11) is 3.13. The van der Waals surface area contributed by atoms with E-state index in [2.05, 4.69) is 22.3 Å². The smallest absolute Gasteiger partial charge is 0.255 e. The minimum absolute atomic E-state index is 0.0932. The number of amides is 1. The first-order chi connectivity index (χ1) is 13.2. The van der Waals surface area contributed by atoms with Crippen LogP contribution in [0.2, 0.25) is 0 Å². The van der Waals surface area contributed by atoms with E-state index in [0.29, 0.717) is 36.8 Å². The Labute approximate surface area is 160 Å². The monoisotopic (exact) mass is 370 g/mol. The third-order valence-electron chi connectivity index (χ3n) is 4.78. The predicted molar refractivity (Wildman–Crippen MR) is 103 cm³/mol. The maximum Gasteiger partial charge on any atom is 0.255 e. The lowest BCUT2D eigenvalue weighted by molar-refractivity contribution is 0.0162. The molecule has 6 nitrogen and oxygen atoms in total. The molecule has 1 amide bonds. The van der Waals surface area contributed by atoms with Crippen molar-refractivity contribution in [2.75, 3.05) is 47.1 Å². The Morgan fingerprint density at radius 2 is 1.85 bits per heavy atom. The summed E-state index contributed by atoms with van der Waals surface area (Å²) < 4.78 is 16.0. The molecule has 1 N–H and O–H groups in total. The summed E-state index contributed by atoms with van der Waals surface area (Å²) in [5.41, 5.74) is 1.64. The molecule has 1 saturated heterocycles. The van der Waals surface area contributed by atoms with Crippen LogP contribution in [0.15, 0.2) is 48.5 Å². The minimum Gasteiger partial charge on any atom is -0.497 e. The second kappa shape index (κ2) is 9.39. The van der Waals surface area contributed by atoms with Gasteiger partial charge in [0.2, 0.25) is 0 Å². The summed E-state index contributed by atoms with van der Waals surface area (Å²) in [4.78, 5) is 15.2. The van der Waals surface area contributed by atoms with E-state index >= 15 is 0 Å². The molecule has 1 heterocycles. The van der Waals surface area contributed by atoms with E-state index in [9.17, 15) is 4.79 Å². The maximum atomic E-state index is 12.8. The molecule has 6 heteroatoms. The van der Waals surface area contributed by atoms with E-state index in [1.165, 1.54) is 5.56 Å². The Morgan fingerprint density at radius 1 is 1.11 bits per heavy atom. The van der Waals surface area contributed by atoms with Crippen molar-refractivity contribution in [1.29, 1.82) is 0 Å². The van der Waals surface area contributed by atoms with Crippen LogP contribution < -0.4 is 14.8 Å². The van der Waals surface area contributed by atoms with Crippen LogP contribution in [-0.4, -0.2) is 57.9 Å². The van der Waals surface area contributed by atoms with Crippen molar-refractivity contribution < 1.29 is 19.0 Å². The van der Waals surface area contributed by atoms with Gasteiger partial charge >= 0.3 is 0 Å². The van der Waals surface area contributed by atoms with Crippen molar-refractivity contribution >= 4 is 5.91 Å². The average Bonchev–Trinajstić information content (AvgIpc) is 2.74. The molecule has 1 aliphatic heterocycles. The molecule has 0 bridgehead atoms. The van der Waals surface area contributed by atoms with Crippen LogP contribution in [0, 0.1) is 0 Å². The fraction of sp³-hybridized carbons (Fsp3) is 0.381. The first kappa shape index (κ1) is 19.2. The highest BCUT2D eigenvalue weighted by Crippen LogP contribution is 2.25. The number of benzene rings is 2. The Morgan fingerprint density at radius 3 is 2.52 bits per heavy atom. The number of ether oxygens (including phenoxy) is 3. The van der Waals surface area contributed by atoms with Crippen LogP contribution in [0.5, 0.6) is 11.5 Å². The van der Waals surface area contributed by atoms with E-state index in [0.717, 1.165) is 13.1 Å². The van der Waals surface area contributed by atoms with Gasteiger partial charge in [-0.2, -0.15) is 0 Å². The summed E-state index contributed by atoms with van der Waals surface area (Å²) in [6.07, 6.45) is 0. The molecule has 1 atom stereocenters. The van der Waals surface area contributed by atoms with Gasteiger partial charge in [-0.25, -0.2) is 0 Å². The Bertz CT molecular complexity index is 745. The van der Waals surface area contributed by atoms with Gasteiger partial charge in [0.1, 0.15) is 11.5 Å². The van der Waals surface area contributed by atoms with Crippen molar-refractivity contribution in [3.8, 4) is 11.5 Å². The Hall–Kier alpha value is -2.57. The molecule has 0 saturated carbocycles. The summed E-state index contributed by atoms with van der Waals surface area (Å²) in [5.74, 6) is 0.963. The average molecular weight is 370 g/mol. The predicted octanol–water partition coefficient (Wildman–Crippen LogP) is 2.51. The van der Waals surface area contributed by atoms with Crippen LogP contribution >= 0.6 is 0 Å². The maximum absolute atomic E-state index is 12.8. The summed E-state index contributed by atoms with van der Waals surface area (Å²) in [6, 6.07) is 15.5. The van der Waals surface area contributed by atoms with Crippen LogP contribution in [0.4, 0.5) is 0 Å². The largest absolute Gasteiger partial charge is 0.497 e. The Balaban J connectivity index is 1.76. The number of carbonyl (C=O) groups is 1. The molecular weight excluding hydrogens is 344 g/mol. The minimum atomic E-state index is -0.181. The quantitative estimate of drug-likeness (QED) is 0.812. The van der Waals surface area contributed by atoms with Crippen molar-refractivity contribution in [1.82, 2.24) is 10.2 Å². The second-order valence-corrected chi connectivity index (χ2v) is 6.35. The van der Waals surface area contributed by atoms with Gasteiger partial charge in [0, 0.05) is 19.6 Å². The molecule has 1 aliphatic rings. The topological polar surface area (TPSA) is 60.0 Å². The Kier molecular flexibility index (Phi) is 6.68. The van der Waals surface area contributed by atoms with Crippen LogP contribution in [-0.2, 0) is 4.74 Å². The number of nitrogens with zero attached hydrogens (tertiary/aromatic N) is 1. The molecular formula is C21H26N2O4. The van der Waals surface area contributed by atoms with E-state index in [4.69, 9.17) is 14.2 Å². The van der Waals surface area contributed by atoms with E-state index < -0.39 is 0 Å². The molecule has 144 valence electrons. The molecule has 0 aromatic heterocycles. The normalized spacial score (nSPS) is 15.8. The third-order valence-corrected chi connectivity index (χ3v) is 4.78. The lowest BCUT2D eigenvalue weighted by atomic mass is 10.0. The van der Waals surface area contributed by atoms with Gasteiger partial charge in [-0.15, -0.1) is 0 Å². The van der Waals surface area contributed by atoms with Crippen molar-refractivity contribution in [3.63, 3.8) is 0 Å². The standard InChI is InChI=1S/C21H26N2O4/c1-25-17-8-9-20(26-2)18(14-17)21(24)22-15-19(16-6-4-3-5-7-16)23-10-12-27-13-11-23/h3-9,14,19H,10-13,15H2,1-2H3,(H,22,24). The number of morpholine rings is 1. The molecule has 2 aromatic carbocycles. The van der Waals surface area contributed by atoms with Crippen LogP contribution in [0.1, 0.15) is 22.0 Å². The fourth-order valence-corrected chi connectivity index (χ4v) is 3.30. The fourth-order valence-electron chi connectivity index (χ4n) is 3.30. The van der Waals surface area contributed by atoms with Gasteiger partial charge in [0.05, 0.1) is 39.0 Å². The van der Waals surface area contributed by atoms with Crippen LogP contribution in [0.25, 0.3) is 0 Å². The van der Waals surface area contributed by atoms with E-state index in [1.807, 2.05) is 18.2 Å². The molecule has 27 heavy (non-hydrogen) atoms. The van der Waals surface area contributed by atoms with Gasteiger partial charge < -0.3 is 19.5 Å². The molecule has 1 unspecified atom stereocenters. The zero-order valence-corrected chi connectivity index (χ0v) is 15.8. The molecule has 1 fully saturated rings. The van der Waals surface area contributed by atoms with Crippen molar-refractivity contribution in [2.24, 2.45) is 0 Å². The van der Waals surface area contributed by atoms with Gasteiger partial charge in [-0.1, -0.05) is 30.3 Å². The van der Waals surface area contributed by atoms with Crippen molar-refractivity contribution in [3.05, 3.63) is 59.7 Å². The van der Waals surface area contributed by atoms with Crippen LogP contribution in [0.3, 0.4) is 0 Å². The zero-order chi connectivity index (χ0) is 19.1. The highest BCUT2D eigenvalue weighted by atomic mass is 16.5. The second-order valence-electron chi connectivity index (χ2n) is 6.35. The number of rotatable bonds is 7. The summed E-state index contributed by atoms with van der Waals surface area (Å²) in [6.45, 7) is 3.61. The van der Waals surface area contributed by atoms with Gasteiger partial charge in [0.25, 0.3) is 5.91 Å². The number of methoxy groups -OCH3 is 2. The van der Waals surface area contributed by atoms with Crippen molar-refractivity contribution in [2.45, 2.75) is 6.04 Å². The first-order valence-corrected chi connectivity index (χ1v) is 9.10. The lowest BCUT2D eigenvalue weighted by Gasteiger charge is -2.35. The number of hydrogen-bond donors (Lipinski definition) is 1. The number of hydrogen-bond acceptors (Lipinski definition) is 5. The molecule has 0 radical (unpaired) electrons. The zero-order valence-electron chi connectivity index (χ0n) is 15.8. The SMILES string of the molecule is COc1ccc(OC)c(C(=O)NCC(c2ccccc2)N2CCOCC2)c1. The van der Waals surface area contributed by atoms with Gasteiger partial charge in [-0.05, 0) is 23.8 Å². The number of carbonyl (C=O) groups excluding carboxylic acids is 1. The summed E-state index contributed by atoms with van der Waals surface area (Å²) in [5, 5.41) is 3.06. The van der Waals surface area contributed by atoms with Gasteiger partial charge in [0.15, 0.2) is 0 Å². The summed E-state index contributed by atoms with van der Waals surface area (Å²) >= 11 is 0. The van der Waals surface area contributed by atoms with Gasteiger partial charge in [-0.3, -0.25) is 9.69 Å². The van der Waals surface area contributed by atoms with E-state index in [-0.39, 0.29) is 11.9 Å². The first-order valence-electron chi connectivity index (χ1n) is 9.10. The van der Waals surface area contributed by atoms with E-state index in [1.54, 1.807) is 32.4 Å². The highest BCUT2D eigenvalue weighted by Gasteiger charge is 2.24. The molecule has 0 aliphatic carbocycles. The molecule has 3 rings (SSSR count). The molecule has 2 aromatic rings. The number of nitrogens with one attached hydrogen (secondary N) is 1. The third kappa shape index (κ3) is 4.78. The lowest BCUT2D eigenvalue weighted by Crippen LogP contribution is -2.43.